The molecule has 0 bridgehead atoms. The van der Waals surface area contributed by atoms with Gasteiger partial charge >= 0.3 is 13.6 Å². The Morgan fingerprint density at radius 2 is 2.00 bits per heavy atom. The Morgan fingerprint density at radius 1 is 1.53 bits per heavy atom. The Balaban J connectivity index is 4.72. The average Bonchev–Trinajstić information content (AvgIpc) is 2.01. The van der Waals surface area contributed by atoms with Crippen molar-refractivity contribution < 1.29 is 29.4 Å². The van der Waals surface area contributed by atoms with E-state index in [1.54, 1.807) is 0 Å². The lowest BCUT2D eigenvalue weighted by atomic mass is 10.2. The Kier molecular flexibility index (Phi) is 5.13. The van der Waals surface area contributed by atoms with Gasteiger partial charge in [0.05, 0.1) is 6.10 Å². The first-order chi connectivity index (χ1) is 6.70. The maximum atomic E-state index is 10.8. The second-order valence-electron chi connectivity index (χ2n) is 2.99. The number of carboxylic acids is 1. The van der Waals surface area contributed by atoms with E-state index < -0.39 is 31.5 Å². The number of hydrogen-bond acceptors (Lipinski definition) is 4. The molecule has 0 aromatic carbocycles. The van der Waals surface area contributed by atoms with E-state index in [2.05, 4.69) is 11.9 Å². The van der Waals surface area contributed by atoms with Crippen LogP contribution in [-0.2, 0) is 9.36 Å². The fourth-order valence-electron chi connectivity index (χ4n) is 0.903. The number of aliphatic hydroxyl groups excluding tert-OH is 1. The molecule has 0 aromatic rings. The van der Waals surface area contributed by atoms with E-state index >= 15 is 0 Å². The zero-order chi connectivity index (χ0) is 12.2. The molecule has 0 amide bonds. The highest BCUT2D eigenvalue weighted by molar-refractivity contribution is 7.52. The Morgan fingerprint density at radius 3 is 2.20 bits per heavy atom. The Labute approximate surface area is 86.6 Å². The third-order valence-corrected chi connectivity index (χ3v) is 2.77. The number of rotatable bonds is 6. The molecule has 3 unspecified atom stereocenters. The van der Waals surface area contributed by atoms with Crippen LogP contribution >= 0.6 is 7.60 Å². The van der Waals surface area contributed by atoms with Gasteiger partial charge in [-0.15, -0.1) is 6.58 Å². The minimum Gasteiger partial charge on any atom is -0.480 e. The summed E-state index contributed by atoms with van der Waals surface area (Å²) in [5.41, 5.74) is 0. The normalized spacial score (nSPS) is 17.9. The van der Waals surface area contributed by atoms with Gasteiger partial charge in [-0.1, -0.05) is 6.08 Å². The molecule has 0 aliphatic heterocycles. The molecule has 3 atom stereocenters. The largest absolute Gasteiger partial charge is 0.480 e. The zero-order valence-electron chi connectivity index (χ0n) is 8.07. The summed E-state index contributed by atoms with van der Waals surface area (Å²) in [7, 11) is -4.51. The summed E-state index contributed by atoms with van der Waals surface area (Å²) < 4.78 is 10.8. The number of aliphatic hydroxyl groups is 1. The molecule has 0 fully saturated rings. The molecule has 0 saturated carbocycles. The van der Waals surface area contributed by atoms with Crippen molar-refractivity contribution in [2.24, 2.45) is 0 Å². The van der Waals surface area contributed by atoms with E-state index in [9.17, 15) is 9.36 Å². The van der Waals surface area contributed by atoms with Crippen LogP contribution in [0.5, 0.6) is 0 Å². The van der Waals surface area contributed by atoms with Gasteiger partial charge in [-0.2, -0.15) is 0 Å². The van der Waals surface area contributed by atoms with Gasteiger partial charge in [0.2, 0.25) is 0 Å². The Hall–Kier alpha value is -0.720. The van der Waals surface area contributed by atoms with Gasteiger partial charge in [-0.3, -0.25) is 14.7 Å². The summed E-state index contributed by atoms with van der Waals surface area (Å²) in [6.07, 6.45) is -0.379. The molecule has 8 heteroatoms. The maximum absolute atomic E-state index is 10.8. The van der Waals surface area contributed by atoms with Crippen molar-refractivity contribution in [3.05, 3.63) is 12.7 Å². The molecule has 0 spiro atoms. The zero-order valence-corrected chi connectivity index (χ0v) is 8.96. The van der Waals surface area contributed by atoms with E-state index in [0.29, 0.717) is 0 Å². The van der Waals surface area contributed by atoms with E-state index in [0.717, 1.165) is 6.08 Å². The van der Waals surface area contributed by atoms with E-state index in [1.807, 2.05) is 0 Å². The third-order valence-electron chi connectivity index (χ3n) is 1.68. The molecule has 5 N–H and O–H groups in total. The molecule has 0 radical (unpaired) electrons. The van der Waals surface area contributed by atoms with Crippen LogP contribution in [0.3, 0.4) is 0 Å². The molecule has 88 valence electrons. The molecule has 0 heterocycles. The third kappa shape index (κ3) is 4.55. The van der Waals surface area contributed by atoms with Crippen LogP contribution in [0.15, 0.2) is 12.7 Å². The predicted octanol–water partition coefficient (Wildman–Crippen LogP) is -0.900. The van der Waals surface area contributed by atoms with E-state index in [4.69, 9.17) is 20.0 Å². The van der Waals surface area contributed by atoms with Gasteiger partial charge in [0.15, 0.2) is 0 Å². The molecular weight excluding hydrogens is 225 g/mol. The molecule has 15 heavy (non-hydrogen) atoms. The average molecular weight is 239 g/mol. The van der Waals surface area contributed by atoms with Crippen LogP contribution in [0.25, 0.3) is 0 Å². The monoisotopic (exact) mass is 239 g/mol. The summed E-state index contributed by atoms with van der Waals surface area (Å²) in [4.78, 5) is 28.2. The summed E-state index contributed by atoms with van der Waals surface area (Å²) in [6, 6.07) is -1.46. The quantitative estimate of drug-likeness (QED) is 0.300. The lowest BCUT2D eigenvalue weighted by Crippen LogP contribution is -2.48. The van der Waals surface area contributed by atoms with Crippen molar-refractivity contribution in [3.63, 3.8) is 0 Å². The minimum atomic E-state index is -4.51. The van der Waals surface area contributed by atoms with Crippen molar-refractivity contribution in [3.8, 4) is 0 Å². The topological polar surface area (TPSA) is 127 Å². The molecule has 0 aromatic heterocycles. The smallest absolute Gasteiger partial charge is 0.346 e. The molecular formula is C7H14NO6P. The van der Waals surface area contributed by atoms with Crippen molar-refractivity contribution in [1.29, 1.82) is 0 Å². The Bertz CT molecular complexity index is 285. The van der Waals surface area contributed by atoms with Gasteiger partial charge in [0.1, 0.15) is 11.8 Å². The van der Waals surface area contributed by atoms with Crippen LogP contribution < -0.4 is 5.32 Å². The van der Waals surface area contributed by atoms with Gasteiger partial charge in [-0.05, 0) is 6.92 Å². The molecule has 0 aliphatic rings. The number of aliphatic carboxylic acids is 1. The van der Waals surface area contributed by atoms with Crippen molar-refractivity contribution in [2.75, 3.05) is 0 Å². The lowest BCUT2D eigenvalue weighted by molar-refractivity contribution is -0.142. The number of nitrogens with one attached hydrogen (secondary N) is 1. The summed E-state index contributed by atoms with van der Waals surface area (Å²) >= 11 is 0. The second-order valence-corrected chi connectivity index (χ2v) is 4.73. The van der Waals surface area contributed by atoms with Crippen LogP contribution in [0.1, 0.15) is 6.92 Å². The predicted molar refractivity (Wildman–Crippen MR) is 52.3 cm³/mol. The van der Waals surface area contributed by atoms with Crippen LogP contribution in [0.4, 0.5) is 0 Å². The number of carboxylic acid groups (broad SMARTS) is 1. The van der Waals surface area contributed by atoms with Gasteiger partial charge < -0.3 is 20.0 Å². The number of hydrogen-bond donors (Lipinski definition) is 5. The van der Waals surface area contributed by atoms with Gasteiger partial charge in [0, 0.05) is 0 Å². The second kappa shape index (κ2) is 5.39. The number of carbonyl (C=O) groups is 1. The molecule has 0 saturated heterocycles. The minimum absolute atomic E-state index is 0.902. The highest BCUT2D eigenvalue weighted by Crippen LogP contribution is 2.40. The standard InChI is InChI=1S/C7H14NO6P/c1-3-5(15(12,13)14)8-6(4(2)9)7(10)11/h3-6,8-9H,1H2,2H3,(H,10,11)(H2,12,13,14). The fourth-order valence-corrected chi connectivity index (χ4v) is 1.53. The summed E-state index contributed by atoms with van der Waals surface area (Å²) in [6.45, 7) is 4.37. The van der Waals surface area contributed by atoms with Crippen LogP contribution in [-0.4, -0.2) is 43.9 Å². The van der Waals surface area contributed by atoms with Gasteiger partial charge in [0.25, 0.3) is 0 Å². The van der Waals surface area contributed by atoms with Crippen molar-refractivity contribution in [1.82, 2.24) is 5.32 Å². The van der Waals surface area contributed by atoms with Crippen LogP contribution in [0, 0.1) is 0 Å². The van der Waals surface area contributed by atoms with Crippen molar-refractivity contribution >= 4 is 13.6 Å². The first-order valence-corrected chi connectivity index (χ1v) is 5.73. The van der Waals surface area contributed by atoms with Gasteiger partial charge in [-0.25, -0.2) is 0 Å². The lowest BCUT2D eigenvalue weighted by Gasteiger charge is -2.23. The first kappa shape index (κ1) is 14.3. The first-order valence-electron chi connectivity index (χ1n) is 4.04. The SMILES string of the molecule is C=CC(NC(C(=O)O)C(C)O)P(=O)(O)O. The van der Waals surface area contributed by atoms with Crippen molar-refractivity contribution in [2.45, 2.75) is 24.9 Å². The highest BCUT2D eigenvalue weighted by Gasteiger charge is 2.32. The maximum Gasteiger partial charge on any atom is 0.346 e. The summed E-state index contributed by atoms with van der Waals surface area (Å²) in [5, 5.41) is 19.8. The van der Waals surface area contributed by atoms with Crippen LogP contribution in [0.2, 0.25) is 0 Å². The molecule has 0 rings (SSSR count). The highest BCUT2D eigenvalue weighted by atomic mass is 31.2. The molecule has 7 nitrogen and oxygen atoms in total. The van der Waals surface area contributed by atoms with E-state index in [-0.39, 0.29) is 0 Å². The fraction of sp³-hybridized carbons (Fsp3) is 0.571. The molecule has 0 aliphatic carbocycles. The van der Waals surface area contributed by atoms with E-state index in [1.165, 1.54) is 6.92 Å². The summed E-state index contributed by atoms with van der Waals surface area (Å²) in [5.74, 6) is -2.89.